The van der Waals surface area contributed by atoms with Crippen molar-refractivity contribution >= 4 is 22.9 Å². The molecule has 0 saturated heterocycles. The van der Waals surface area contributed by atoms with Gasteiger partial charge in [0.25, 0.3) is 5.91 Å². The third kappa shape index (κ3) is 3.29. The molecule has 3 heterocycles. The number of rotatable bonds is 4. The lowest BCUT2D eigenvalue weighted by atomic mass is 10.1. The van der Waals surface area contributed by atoms with Gasteiger partial charge in [0.15, 0.2) is 10.8 Å². The summed E-state index contributed by atoms with van der Waals surface area (Å²) in [5.41, 5.74) is 2.95. The molecule has 25 heavy (non-hydrogen) atoms. The predicted molar refractivity (Wildman–Crippen MR) is 95.1 cm³/mol. The number of nitrogens with one attached hydrogen (secondary N) is 2. The van der Waals surface area contributed by atoms with Crippen LogP contribution in [0, 0.1) is 0 Å². The molecular weight excluding hydrogens is 336 g/mol. The molecule has 0 fully saturated rings. The van der Waals surface area contributed by atoms with Crippen LogP contribution in [0.3, 0.4) is 0 Å². The first-order chi connectivity index (χ1) is 12.3. The highest BCUT2D eigenvalue weighted by Gasteiger charge is 2.13. The van der Waals surface area contributed by atoms with Crippen molar-refractivity contribution in [2.75, 3.05) is 5.32 Å². The van der Waals surface area contributed by atoms with Gasteiger partial charge in [-0.1, -0.05) is 12.1 Å². The van der Waals surface area contributed by atoms with Crippen molar-refractivity contribution in [1.29, 1.82) is 0 Å². The number of H-pyrrole nitrogens is 1. The molecule has 0 atom stereocenters. The van der Waals surface area contributed by atoms with E-state index in [0.717, 1.165) is 11.3 Å². The van der Waals surface area contributed by atoms with Gasteiger partial charge in [0.1, 0.15) is 5.69 Å². The molecule has 4 aromatic rings. The SMILES string of the molecule is O=C(Nc1ccc(-c2ccn[nH]2)cc1)c1csc(-c2ncccn2)n1. The minimum atomic E-state index is -0.271. The quantitative estimate of drug-likeness (QED) is 0.590. The lowest BCUT2D eigenvalue weighted by molar-refractivity contribution is 0.102. The second kappa shape index (κ2) is 6.62. The molecule has 0 saturated carbocycles. The molecular formula is C17H12N6OS. The van der Waals surface area contributed by atoms with Crippen LogP contribution in [-0.2, 0) is 0 Å². The number of aromatic nitrogens is 5. The minimum Gasteiger partial charge on any atom is -0.321 e. The summed E-state index contributed by atoms with van der Waals surface area (Å²) in [6, 6.07) is 11.1. The maximum absolute atomic E-state index is 12.3. The summed E-state index contributed by atoms with van der Waals surface area (Å²) in [5.74, 6) is 0.239. The second-order valence-corrected chi connectivity index (χ2v) is 5.97. The number of carbonyl (C=O) groups excluding carboxylic acids is 1. The predicted octanol–water partition coefficient (Wildman–Crippen LogP) is 3.24. The average molecular weight is 348 g/mol. The van der Waals surface area contributed by atoms with E-state index in [9.17, 15) is 4.79 Å². The summed E-state index contributed by atoms with van der Waals surface area (Å²) in [6.45, 7) is 0. The van der Waals surface area contributed by atoms with Crippen molar-refractivity contribution in [2.24, 2.45) is 0 Å². The van der Waals surface area contributed by atoms with Crippen LogP contribution >= 0.6 is 11.3 Å². The Bertz CT molecular complexity index is 980. The van der Waals surface area contributed by atoms with Gasteiger partial charge in [0.2, 0.25) is 0 Å². The van der Waals surface area contributed by atoms with Crippen molar-refractivity contribution in [3.8, 4) is 22.1 Å². The molecule has 8 heteroatoms. The Balaban J connectivity index is 1.48. The molecule has 2 N–H and O–H groups in total. The van der Waals surface area contributed by atoms with Gasteiger partial charge in [-0.25, -0.2) is 15.0 Å². The summed E-state index contributed by atoms with van der Waals surface area (Å²) in [4.78, 5) is 24.9. The van der Waals surface area contributed by atoms with Crippen molar-refractivity contribution in [1.82, 2.24) is 25.1 Å². The topological polar surface area (TPSA) is 96.5 Å². The summed E-state index contributed by atoms with van der Waals surface area (Å²) >= 11 is 1.33. The number of hydrogen-bond acceptors (Lipinski definition) is 6. The number of nitrogens with zero attached hydrogens (tertiary/aromatic N) is 4. The molecule has 0 aliphatic heterocycles. The smallest absolute Gasteiger partial charge is 0.275 e. The Labute approximate surface area is 146 Å². The van der Waals surface area contributed by atoms with Crippen molar-refractivity contribution in [3.05, 3.63) is 66.1 Å². The van der Waals surface area contributed by atoms with Crippen LogP contribution in [0.4, 0.5) is 5.69 Å². The monoisotopic (exact) mass is 348 g/mol. The maximum atomic E-state index is 12.3. The molecule has 1 aromatic carbocycles. The van der Waals surface area contributed by atoms with E-state index >= 15 is 0 Å². The average Bonchev–Trinajstić information content (AvgIpc) is 3.35. The first kappa shape index (κ1) is 15.2. The van der Waals surface area contributed by atoms with Gasteiger partial charge < -0.3 is 5.32 Å². The number of amides is 1. The molecule has 0 unspecified atom stereocenters. The summed E-state index contributed by atoms with van der Waals surface area (Å²) < 4.78 is 0. The molecule has 0 aliphatic rings. The third-order valence-electron chi connectivity index (χ3n) is 3.45. The van der Waals surface area contributed by atoms with Crippen LogP contribution < -0.4 is 5.32 Å². The lowest BCUT2D eigenvalue weighted by Gasteiger charge is -2.04. The van der Waals surface area contributed by atoms with Crippen molar-refractivity contribution in [2.45, 2.75) is 0 Å². The first-order valence-corrected chi connectivity index (χ1v) is 8.31. The molecule has 0 aliphatic carbocycles. The number of aromatic amines is 1. The van der Waals surface area contributed by atoms with Crippen LogP contribution in [0.25, 0.3) is 22.1 Å². The lowest BCUT2D eigenvalue weighted by Crippen LogP contribution is -2.12. The third-order valence-corrected chi connectivity index (χ3v) is 4.29. The number of carbonyl (C=O) groups is 1. The van der Waals surface area contributed by atoms with Gasteiger partial charge in [-0.05, 0) is 29.8 Å². The minimum absolute atomic E-state index is 0.271. The zero-order valence-electron chi connectivity index (χ0n) is 12.9. The standard InChI is InChI=1S/C17H12N6OS/c24-16(14-10-25-17(22-14)15-18-7-1-8-19-15)21-12-4-2-11(3-5-12)13-6-9-20-23-13/h1-10H,(H,20,23)(H,21,24). The van der Waals surface area contributed by atoms with E-state index in [1.807, 2.05) is 30.3 Å². The molecule has 3 aromatic heterocycles. The van der Waals surface area contributed by atoms with Crippen LogP contribution in [0.1, 0.15) is 10.5 Å². The van der Waals surface area contributed by atoms with Crippen LogP contribution in [0.2, 0.25) is 0 Å². The van der Waals surface area contributed by atoms with Gasteiger partial charge in [-0.15, -0.1) is 11.3 Å². The second-order valence-electron chi connectivity index (χ2n) is 5.11. The van der Waals surface area contributed by atoms with E-state index in [-0.39, 0.29) is 5.91 Å². The summed E-state index contributed by atoms with van der Waals surface area (Å²) in [6.07, 6.45) is 4.98. The van der Waals surface area contributed by atoms with Gasteiger partial charge >= 0.3 is 0 Å². The Kier molecular flexibility index (Phi) is 4.01. The molecule has 0 spiro atoms. The highest BCUT2D eigenvalue weighted by atomic mass is 32.1. The zero-order valence-corrected chi connectivity index (χ0v) is 13.7. The van der Waals surface area contributed by atoms with E-state index in [4.69, 9.17) is 0 Å². The van der Waals surface area contributed by atoms with E-state index in [0.29, 0.717) is 22.2 Å². The van der Waals surface area contributed by atoms with E-state index in [1.165, 1.54) is 11.3 Å². The fourth-order valence-electron chi connectivity index (χ4n) is 2.24. The number of benzene rings is 1. The van der Waals surface area contributed by atoms with Crippen molar-refractivity contribution in [3.63, 3.8) is 0 Å². The van der Waals surface area contributed by atoms with Crippen LogP contribution in [0.15, 0.2) is 60.4 Å². The number of thiazole rings is 1. The molecule has 7 nitrogen and oxygen atoms in total. The summed E-state index contributed by atoms with van der Waals surface area (Å²) in [5, 5.41) is 12.0. The zero-order chi connectivity index (χ0) is 17.1. The Morgan fingerprint density at radius 1 is 1.04 bits per heavy atom. The summed E-state index contributed by atoms with van der Waals surface area (Å²) in [7, 11) is 0. The normalized spacial score (nSPS) is 10.6. The fraction of sp³-hybridized carbons (Fsp3) is 0. The van der Waals surface area contributed by atoms with Crippen LogP contribution in [-0.4, -0.2) is 31.1 Å². The molecule has 4 rings (SSSR count). The van der Waals surface area contributed by atoms with E-state index in [1.54, 1.807) is 30.0 Å². The molecule has 1 amide bonds. The highest BCUT2D eigenvalue weighted by molar-refractivity contribution is 7.13. The van der Waals surface area contributed by atoms with E-state index in [2.05, 4.69) is 30.5 Å². The van der Waals surface area contributed by atoms with Crippen LogP contribution in [0.5, 0.6) is 0 Å². The first-order valence-electron chi connectivity index (χ1n) is 7.44. The Hall–Kier alpha value is -3.39. The Morgan fingerprint density at radius 2 is 1.84 bits per heavy atom. The fourth-order valence-corrected chi connectivity index (χ4v) is 2.98. The highest BCUT2D eigenvalue weighted by Crippen LogP contribution is 2.22. The Morgan fingerprint density at radius 3 is 2.56 bits per heavy atom. The van der Waals surface area contributed by atoms with Gasteiger partial charge in [0.05, 0.1) is 5.69 Å². The van der Waals surface area contributed by atoms with Gasteiger partial charge in [0, 0.05) is 29.7 Å². The van der Waals surface area contributed by atoms with Crippen molar-refractivity contribution < 1.29 is 4.79 Å². The molecule has 0 bridgehead atoms. The van der Waals surface area contributed by atoms with Gasteiger partial charge in [-0.3, -0.25) is 9.89 Å². The van der Waals surface area contributed by atoms with E-state index < -0.39 is 0 Å². The molecule has 0 radical (unpaired) electrons. The van der Waals surface area contributed by atoms with Gasteiger partial charge in [-0.2, -0.15) is 5.10 Å². The molecule has 122 valence electrons. The number of hydrogen-bond donors (Lipinski definition) is 2. The largest absolute Gasteiger partial charge is 0.321 e. The maximum Gasteiger partial charge on any atom is 0.275 e. The number of anilines is 1.